The maximum Gasteiger partial charge on any atom is 0.222 e. The zero-order valence-corrected chi connectivity index (χ0v) is 7.85. The molecule has 0 aromatic heterocycles. The van der Waals surface area contributed by atoms with E-state index in [1.807, 2.05) is 11.9 Å². The maximum absolute atomic E-state index is 11.3. The van der Waals surface area contributed by atoms with Gasteiger partial charge in [-0.25, -0.2) is 0 Å². The number of carbonyl (C=O) groups is 1. The fourth-order valence-corrected chi connectivity index (χ4v) is 1.51. The molecular formula is C9H17NO. The summed E-state index contributed by atoms with van der Waals surface area (Å²) in [5.74, 6) is 0.901. The van der Waals surface area contributed by atoms with Crippen LogP contribution in [0.2, 0.25) is 0 Å². The summed E-state index contributed by atoms with van der Waals surface area (Å²) >= 11 is 0. The Balaban J connectivity index is 2.80. The van der Waals surface area contributed by atoms with E-state index in [-0.39, 0.29) is 11.4 Å². The largest absolute Gasteiger partial charge is 0.340 e. The summed E-state index contributed by atoms with van der Waals surface area (Å²) in [6.45, 7) is 6.48. The molecule has 0 N–H and O–H groups in total. The minimum atomic E-state index is 0.0509. The smallest absolute Gasteiger partial charge is 0.222 e. The molecule has 1 saturated heterocycles. The number of rotatable bonds is 0. The molecule has 0 aromatic rings. The predicted molar refractivity (Wildman–Crippen MR) is 45.2 cm³/mol. The van der Waals surface area contributed by atoms with Gasteiger partial charge in [0.05, 0.1) is 0 Å². The second-order valence-electron chi connectivity index (χ2n) is 4.05. The summed E-state index contributed by atoms with van der Waals surface area (Å²) in [5.41, 5.74) is 0.0509. The fraction of sp³-hybridized carbons (Fsp3) is 0.889. The molecule has 0 aromatic carbocycles. The lowest BCUT2D eigenvalue weighted by atomic mass is 9.80. The van der Waals surface area contributed by atoms with E-state index in [2.05, 4.69) is 20.8 Å². The Kier molecular flexibility index (Phi) is 1.95. The van der Waals surface area contributed by atoms with Crippen molar-refractivity contribution in [3.8, 4) is 0 Å². The van der Waals surface area contributed by atoms with Crippen LogP contribution in [0.25, 0.3) is 0 Å². The van der Waals surface area contributed by atoms with Gasteiger partial charge in [0.1, 0.15) is 0 Å². The van der Waals surface area contributed by atoms with E-state index >= 15 is 0 Å². The van der Waals surface area contributed by atoms with Crippen LogP contribution < -0.4 is 0 Å². The van der Waals surface area contributed by atoms with Crippen molar-refractivity contribution in [1.29, 1.82) is 0 Å². The van der Waals surface area contributed by atoms with Crippen molar-refractivity contribution in [3.63, 3.8) is 0 Å². The molecule has 1 amide bonds. The van der Waals surface area contributed by atoms with Crippen LogP contribution in [0.15, 0.2) is 0 Å². The van der Waals surface area contributed by atoms with Crippen LogP contribution in [-0.2, 0) is 4.79 Å². The molecule has 0 spiro atoms. The van der Waals surface area contributed by atoms with Crippen LogP contribution in [0.3, 0.4) is 0 Å². The summed E-state index contributed by atoms with van der Waals surface area (Å²) in [6.07, 6.45) is 1.76. The molecule has 1 aliphatic heterocycles. The van der Waals surface area contributed by atoms with Gasteiger partial charge in [0.25, 0.3) is 0 Å². The number of carbonyl (C=O) groups excluding carboxylic acids is 1. The minimum Gasteiger partial charge on any atom is -0.340 e. The Labute approximate surface area is 68.6 Å². The van der Waals surface area contributed by atoms with E-state index < -0.39 is 0 Å². The Morgan fingerprint density at radius 1 is 1.55 bits per heavy atom. The van der Waals surface area contributed by atoms with Gasteiger partial charge in [0.15, 0.2) is 0 Å². The summed E-state index contributed by atoms with van der Waals surface area (Å²) in [4.78, 5) is 13.2. The molecule has 64 valence electrons. The van der Waals surface area contributed by atoms with Crippen molar-refractivity contribution in [2.24, 2.45) is 5.92 Å². The van der Waals surface area contributed by atoms with Crippen LogP contribution in [0.5, 0.6) is 0 Å². The van der Waals surface area contributed by atoms with Crippen molar-refractivity contribution >= 4 is 5.91 Å². The molecular weight excluding hydrogens is 138 g/mol. The van der Waals surface area contributed by atoms with Crippen molar-refractivity contribution in [3.05, 3.63) is 0 Å². The molecule has 1 atom stereocenters. The first-order valence-electron chi connectivity index (χ1n) is 4.23. The minimum absolute atomic E-state index is 0.0509. The monoisotopic (exact) mass is 155 g/mol. The first-order valence-corrected chi connectivity index (χ1v) is 4.23. The quantitative estimate of drug-likeness (QED) is 0.521. The number of hydrogen-bond acceptors (Lipinski definition) is 1. The fourth-order valence-electron chi connectivity index (χ4n) is 1.51. The number of piperidine rings is 1. The zero-order valence-electron chi connectivity index (χ0n) is 7.85. The number of nitrogens with zero attached hydrogens (tertiary/aromatic N) is 1. The normalized spacial score (nSPS) is 30.7. The molecule has 1 rings (SSSR count). The highest BCUT2D eigenvalue weighted by Crippen LogP contribution is 2.31. The third kappa shape index (κ3) is 1.26. The van der Waals surface area contributed by atoms with Gasteiger partial charge in [0.2, 0.25) is 5.91 Å². The lowest BCUT2D eigenvalue weighted by Gasteiger charge is -2.44. The van der Waals surface area contributed by atoms with Crippen LogP contribution in [0.1, 0.15) is 33.6 Å². The first kappa shape index (κ1) is 8.57. The van der Waals surface area contributed by atoms with Gasteiger partial charge in [0, 0.05) is 19.0 Å². The molecule has 1 fully saturated rings. The third-order valence-electron chi connectivity index (χ3n) is 3.24. The highest BCUT2D eigenvalue weighted by Gasteiger charge is 2.37. The van der Waals surface area contributed by atoms with E-state index in [4.69, 9.17) is 0 Å². The Morgan fingerprint density at radius 2 is 2.09 bits per heavy atom. The van der Waals surface area contributed by atoms with Crippen molar-refractivity contribution in [2.75, 3.05) is 7.05 Å². The SMILES string of the molecule is CC1CCC(=O)N(C)C1(C)C. The zero-order chi connectivity index (χ0) is 8.65. The molecule has 2 nitrogen and oxygen atoms in total. The molecule has 11 heavy (non-hydrogen) atoms. The molecule has 1 heterocycles. The standard InChI is InChI=1S/C9H17NO/c1-7-5-6-8(11)10(4)9(7,2)3/h7H,5-6H2,1-4H3. The number of amides is 1. The average Bonchev–Trinajstić information content (AvgIpc) is 1.95. The van der Waals surface area contributed by atoms with Crippen molar-refractivity contribution < 1.29 is 4.79 Å². The van der Waals surface area contributed by atoms with Gasteiger partial charge in [-0.1, -0.05) is 6.92 Å². The van der Waals surface area contributed by atoms with Crippen LogP contribution in [0, 0.1) is 5.92 Å². The molecule has 0 aliphatic carbocycles. The van der Waals surface area contributed by atoms with Crippen LogP contribution in [-0.4, -0.2) is 23.4 Å². The number of hydrogen-bond donors (Lipinski definition) is 0. The van der Waals surface area contributed by atoms with Crippen molar-refractivity contribution in [2.45, 2.75) is 39.2 Å². The molecule has 2 heteroatoms. The molecule has 1 aliphatic rings. The van der Waals surface area contributed by atoms with E-state index in [0.29, 0.717) is 5.92 Å². The Bertz CT molecular complexity index is 174. The van der Waals surface area contributed by atoms with Crippen LogP contribution >= 0.6 is 0 Å². The van der Waals surface area contributed by atoms with E-state index in [0.717, 1.165) is 12.8 Å². The first-order chi connectivity index (χ1) is 4.96. The molecule has 0 saturated carbocycles. The third-order valence-corrected chi connectivity index (χ3v) is 3.24. The topological polar surface area (TPSA) is 20.3 Å². The van der Waals surface area contributed by atoms with Gasteiger partial charge in [-0.2, -0.15) is 0 Å². The van der Waals surface area contributed by atoms with Gasteiger partial charge < -0.3 is 4.90 Å². The summed E-state index contributed by atoms with van der Waals surface area (Å²) < 4.78 is 0. The molecule has 1 unspecified atom stereocenters. The molecule has 0 radical (unpaired) electrons. The number of likely N-dealkylation sites (tertiary alicyclic amines) is 1. The van der Waals surface area contributed by atoms with E-state index in [9.17, 15) is 4.79 Å². The van der Waals surface area contributed by atoms with E-state index in [1.54, 1.807) is 0 Å². The second kappa shape index (κ2) is 2.50. The summed E-state index contributed by atoms with van der Waals surface area (Å²) in [7, 11) is 1.90. The summed E-state index contributed by atoms with van der Waals surface area (Å²) in [5, 5.41) is 0. The van der Waals surface area contributed by atoms with Gasteiger partial charge in [-0.05, 0) is 26.2 Å². The summed E-state index contributed by atoms with van der Waals surface area (Å²) in [6, 6.07) is 0. The van der Waals surface area contributed by atoms with Gasteiger partial charge in [-0.3, -0.25) is 4.79 Å². The Hall–Kier alpha value is -0.530. The van der Waals surface area contributed by atoms with E-state index in [1.165, 1.54) is 0 Å². The maximum atomic E-state index is 11.3. The van der Waals surface area contributed by atoms with Crippen LogP contribution in [0.4, 0.5) is 0 Å². The highest BCUT2D eigenvalue weighted by atomic mass is 16.2. The molecule has 0 bridgehead atoms. The van der Waals surface area contributed by atoms with Crippen molar-refractivity contribution in [1.82, 2.24) is 4.90 Å². The average molecular weight is 155 g/mol. The van der Waals surface area contributed by atoms with Gasteiger partial charge in [-0.15, -0.1) is 0 Å². The highest BCUT2D eigenvalue weighted by molar-refractivity contribution is 5.77. The Morgan fingerprint density at radius 3 is 2.55 bits per heavy atom. The lowest BCUT2D eigenvalue weighted by molar-refractivity contribution is -0.141. The predicted octanol–water partition coefficient (Wildman–Crippen LogP) is 1.65. The second-order valence-corrected chi connectivity index (χ2v) is 4.05. The van der Waals surface area contributed by atoms with Gasteiger partial charge >= 0.3 is 0 Å². The lowest BCUT2D eigenvalue weighted by Crippen LogP contribution is -2.52.